The van der Waals surface area contributed by atoms with E-state index in [2.05, 4.69) is 6.92 Å². The molecule has 0 amide bonds. The number of hydrogen-bond acceptors (Lipinski definition) is 4. The lowest BCUT2D eigenvalue weighted by Crippen LogP contribution is -2.18. The summed E-state index contributed by atoms with van der Waals surface area (Å²) in [5, 5.41) is -0.198. The second kappa shape index (κ2) is 14.7. The van der Waals surface area contributed by atoms with Crippen LogP contribution in [0.2, 0.25) is 0 Å². The van der Waals surface area contributed by atoms with Crippen molar-refractivity contribution in [1.82, 2.24) is 0 Å². The maximum Gasteiger partial charge on any atom is 0.338 e. The number of hydrogen-bond donors (Lipinski definition) is 0. The van der Waals surface area contributed by atoms with Gasteiger partial charge in [-0.1, -0.05) is 83.6 Å². The Morgan fingerprint density at radius 1 is 0.818 bits per heavy atom. The summed E-state index contributed by atoms with van der Waals surface area (Å²) < 4.78 is 10.7. The molecule has 1 atom stereocenters. The quantitative estimate of drug-likeness (QED) is 0.122. The number of benzene rings is 2. The van der Waals surface area contributed by atoms with E-state index in [9.17, 15) is 9.59 Å². The summed E-state index contributed by atoms with van der Waals surface area (Å²) in [6, 6.07) is 14.6. The highest BCUT2D eigenvalue weighted by atomic mass is 35.5. The van der Waals surface area contributed by atoms with Crippen molar-refractivity contribution >= 4 is 23.5 Å². The van der Waals surface area contributed by atoms with Gasteiger partial charge in [-0.05, 0) is 47.7 Å². The summed E-state index contributed by atoms with van der Waals surface area (Å²) >= 11 is 6.14. The van der Waals surface area contributed by atoms with Gasteiger partial charge in [0.25, 0.3) is 0 Å². The van der Waals surface area contributed by atoms with E-state index in [1.165, 1.54) is 32.1 Å². The molecule has 0 saturated carbocycles. The first-order valence-corrected chi connectivity index (χ1v) is 12.6. The monoisotopic (exact) mass is 472 g/mol. The molecule has 0 aliphatic heterocycles. The zero-order valence-electron chi connectivity index (χ0n) is 20.1. The lowest BCUT2D eigenvalue weighted by atomic mass is 10.0. The molecule has 0 bridgehead atoms. The Morgan fingerprint density at radius 2 is 1.36 bits per heavy atom. The Kier molecular flexibility index (Phi) is 12.0. The molecule has 0 N–H and O–H groups in total. The first kappa shape index (κ1) is 26.9. The van der Waals surface area contributed by atoms with Gasteiger partial charge in [-0.25, -0.2) is 4.79 Å². The molecule has 0 heterocycles. The van der Waals surface area contributed by atoms with E-state index in [0.717, 1.165) is 24.0 Å². The molecule has 0 radical (unpaired) electrons. The number of alkyl halides is 1. The largest absolute Gasteiger partial charge is 0.461 e. The molecular weight excluding hydrogens is 436 g/mol. The molecule has 2 rings (SSSR count). The number of halogens is 1. The van der Waals surface area contributed by atoms with Crippen LogP contribution in [0.5, 0.6) is 5.75 Å². The van der Waals surface area contributed by atoms with Crippen LogP contribution in [0.25, 0.3) is 11.1 Å². The maximum atomic E-state index is 12.2. The van der Waals surface area contributed by atoms with Crippen LogP contribution in [0, 0.1) is 5.92 Å². The van der Waals surface area contributed by atoms with Crippen molar-refractivity contribution in [3.8, 4) is 16.9 Å². The van der Waals surface area contributed by atoms with Gasteiger partial charge in [0.05, 0.1) is 10.9 Å². The van der Waals surface area contributed by atoms with Crippen LogP contribution in [0.4, 0.5) is 0 Å². The lowest BCUT2D eigenvalue weighted by molar-refractivity contribution is -0.134. The van der Waals surface area contributed by atoms with E-state index < -0.39 is 0 Å². The molecular formula is C28H37ClO4. The van der Waals surface area contributed by atoms with Gasteiger partial charge in [-0.2, -0.15) is 0 Å². The predicted molar refractivity (Wildman–Crippen MR) is 135 cm³/mol. The van der Waals surface area contributed by atoms with Crippen molar-refractivity contribution in [3.05, 3.63) is 54.1 Å². The second-order valence-corrected chi connectivity index (χ2v) is 9.37. The van der Waals surface area contributed by atoms with Crippen LogP contribution < -0.4 is 4.74 Å². The molecule has 2 aromatic carbocycles. The first-order valence-electron chi connectivity index (χ1n) is 12.1. The smallest absolute Gasteiger partial charge is 0.338 e. The Hall–Kier alpha value is -2.33. The average molecular weight is 473 g/mol. The Bertz CT molecular complexity index is 843. The van der Waals surface area contributed by atoms with Crippen LogP contribution >= 0.6 is 11.6 Å². The van der Waals surface area contributed by atoms with Gasteiger partial charge in [-0.3, -0.25) is 4.79 Å². The van der Waals surface area contributed by atoms with Crippen LogP contribution in [0.3, 0.4) is 0 Å². The van der Waals surface area contributed by atoms with E-state index >= 15 is 0 Å². The number of ether oxygens (including phenoxy) is 2. The predicted octanol–water partition coefficient (Wildman–Crippen LogP) is 7.82. The summed E-state index contributed by atoms with van der Waals surface area (Å²) in [5.74, 6) is 0.226. The lowest BCUT2D eigenvalue weighted by Gasteiger charge is -2.13. The van der Waals surface area contributed by atoms with Crippen LogP contribution in [-0.2, 0) is 9.53 Å². The van der Waals surface area contributed by atoms with E-state index in [4.69, 9.17) is 21.1 Å². The molecule has 0 saturated heterocycles. The fourth-order valence-electron chi connectivity index (χ4n) is 3.35. The Balaban J connectivity index is 1.78. The minimum absolute atomic E-state index is 0.184. The number of carbonyl (C=O) groups is 2. The van der Waals surface area contributed by atoms with Gasteiger partial charge >= 0.3 is 11.9 Å². The summed E-state index contributed by atoms with van der Waals surface area (Å²) in [5.41, 5.74) is 2.43. The minimum atomic E-state index is -0.379. The average Bonchev–Trinajstić information content (AvgIpc) is 2.82. The molecule has 0 aromatic heterocycles. The summed E-state index contributed by atoms with van der Waals surface area (Å²) in [7, 11) is 0. The molecule has 0 aliphatic carbocycles. The van der Waals surface area contributed by atoms with Crippen molar-refractivity contribution < 1.29 is 19.1 Å². The Morgan fingerprint density at radius 3 is 1.94 bits per heavy atom. The minimum Gasteiger partial charge on any atom is -0.461 e. The van der Waals surface area contributed by atoms with Gasteiger partial charge in [0.1, 0.15) is 12.4 Å². The highest BCUT2D eigenvalue weighted by molar-refractivity contribution is 6.21. The molecule has 0 fully saturated rings. The highest BCUT2D eigenvalue weighted by Gasteiger charge is 2.14. The van der Waals surface area contributed by atoms with Crippen molar-refractivity contribution in [2.75, 3.05) is 6.61 Å². The van der Waals surface area contributed by atoms with E-state index in [-0.39, 0.29) is 29.8 Å². The zero-order valence-corrected chi connectivity index (χ0v) is 20.9. The van der Waals surface area contributed by atoms with Gasteiger partial charge in [0.15, 0.2) is 0 Å². The molecule has 0 unspecified atom stereocenters. The number of esters is 2. The van der Waals surface area contributed by atoms with Crippen molar-refractivity contribution in [3.63, 3.8) is 0 Å². The summed E-state index contributed by atoms with van der Waals surface area (Å²) in [6.45, 7) is 6.38. The topological polar surface area (TPSA) is 52.6 Å². The number of unbranched alkanes of at least 4 members (excludes halogenated alkanes) is 6. The van der Waals surface area contributed by atoms with Gasteiger partial charge in [-0.15, -0.1) is 11.6 Å². The fraction of sp³-hybridized carbons (Fsp3) is 0.500. The molecule has 0 spiro atoms. The summed E-state index contributed by atoms with van der Waals surface area (Å²) in [4.78, 5) is 24.3. The molecule has 4 nitrogen and oxygen atoms in total. The Labute approximate surface area is 203 Å². The van der Waals surface area contributed by atoms with Crippen molar-refractivity contribution in [2.45, 2.75) is 77.5 Å². The van der Waals surface area contributed by atoms with Gasteiger partial charge < -0.3 is 9.47 Å². The third-order valence-electron chi connectivity index (χ3n) is 5.62. The number of carbonyl (C=O) groups excluding carboxylic acids is 2. The van der Waals surface area contributed by atoms with Crippen LogP contribution in [0.1, 0.15) is 82.5 Å². The van der Waals surface area contributed by atoms with E-state index in [1.807, 2.05) is 38.1 Å². The van der Waals surface area contributed by atoms with E-state index in [0.29, 0.717) is 17.7 Å². The molecule has 2 aromatic rings. The fourth-order valence-corrected chi connectivity index (χ4v) is 3.42. The first-order chi connectivity index (χ1) is 15.9. The van der Waals surface area contributed by atoms with Crippen LogP contribution in [0.15, 0.2) is 48.5 Å². The maximum absolute atomic E-state index is 12.2. The van der Waals surface area contributed by atoms with Gasteiger partial charge in [0, 0.05) is 6.42 Å². The normalized spacial score (nSPS) is 11.9. The zero-order chi connectivity index (χ0) is 24.1. The second-order valence-electron chi connectivity index (χ2n) is 8.81. The summed E-state index contributed by atoms with van der Waals surface area (Å²) in [6.07, 6.45) is 8.66. The molecule has 0 aliphatic rings. The third-order valence-corrected chi connectivity index (χ3v) is 6.25. The standard InChI is InChI=1S/C28H37ClO4/c1-4-5-6-7-8-9-10-11-27(30)33-25-18-16-23(17-19-25)22-12-14-24(15-13-22)28(31)32-20-26(29)21(2)3/h12-19,21,26H,4-11,20H2,1-3H3/t26-/m0/s1. The number of rotatable bonds is 14. The molecule has 33 heavy (non-hydrogen) atoms. The highest BCUT2D eigenvalue weighted by Crippen LogP contribution is 2.24. The SMILES string of the molecule is CCCCCCCCCC(=O)Oc1ccc(-c2ccc(C(=O)OC[C@H](Cl)C(C)C)cc2)cc1. The van der Waals surface area contributed by atoms with Crippen molar-refractivity contribution in [1.29, 1.82) is 0 Å². The van der Waals surface area contributed by atoms with Crippen LogP contribution in [-0.4, -0.2) is 23.9 Å². The van der Waals surface area contributed by atoms with Crippen molar-refractivity contribution in [2.24, 2.45) is 5.92 Å². The van der Waals surface area contributed by atoms with E-state index in [1.54, 1.807) is 24.3 Å². The van der Waals surface area contributed by atoms with Gasteiger partial charge in [0.2, 0.25) is 0 Å². The molecule has 180 valence electrons. The third kappa shape index (κ3) is 10.00. The molecule has 5 heteroatoms.